The van der Waals surface area contributed by atoms with Crippen molar-refractivity contribution in [1.82, 2.24) is 15.1 Å². The second kappa shape index (κ2) is 6.77. The summed E-state index contributed by atoms with van der Waals surface area (Å²) >= 11 is 0. The highest BCUT2D eigenvalue weighted by molar-refractivity contribution is 5.97. The Bertz CT molecular complexity index is 1280. The first kappa shape index (κ1) is 17.5. The Morgan fingerprint density at radius 2 is 1.97 bits per heavy atom. The fraction of sp³-hybridized carbons (Fsp3) is 0.182. The highest BCUT2D eigenvalue weighted by Crippen LogP contribution is 2.24. The maximum absolute atomic E-state index is 14.5. The Morgan fingerprint density at radius 1 is 1.14 bits per heavy atom. The zero-order valence-corrected chi connectivity index (χ0v) is 15.5. The molecule has 5 rings (SSSR count). The van der Waals surface area contributed by atoms with Crippen LogP contribution in [-0.4, -0.2) is 46.9 Å². The van der Waals surface area contributed by atoms with Gasteiger partial charge in [-0.2, -0.15) is 5.10 Å². The molecule has 6 nitrogen and oxygen atoms in total. The number of carbonyl (C=O) groups excluding carboxylic acids is 1. The number of hydrogen-bond donors (Lipinski definition) is 1. The summed E-state index contributed by atoms with van der Waals surface area (Å²) in [7, 11) is 0. The molecule has 0 fully saturated rings. The van der Waals surface area contributed by atoms with Crippen LogP contribution in [0, 0.1) is 5.82 Å². The fourth-order valence-electron chi connectivity index (χ4n) is 3.91. The van der Waals surface area contributed by atoms with E-state index in [-0.39, 0.29) is 17.0 Å². The smallest absolute Gasteiger partial charge is 0.272 e. The molecule has 0 saturated carbocycles. The van der Waals surface area contributed by atoms with Crippen molar-refractivity contribution in [3.63, 3.8) is 0 Å². The van der Waals surface area contributed by atoms with E-state index in [0.29, 0.717) is 37.1 Å². The molecule has 1 N–H and O–H groups in total. The monoisotopic (exact) mass is 388 g/mol. The summed E-state index contributed by atoms with van der Waals surface area (Å²) in [4.78, 5) is 30.7. The van der Waals surface area contributed by atoms with Gasteiger partial charge in [-0.3, -0.25) is 14.6 Å². The van der Waals surface area contributed by atoms with Crippen molar-refractivity contribution in [3.05, 3.63) is 86.6 Å². The van der Waals surface area contributed by atoms with Crippen molar-refractivity contribution in [3.8, 4) is 0 Å². The molecule has 3 aromatic rings. The van der Waals surface area contributed by atoms with Crippen molar-refractivity contribution in [1.29, 1.82) is 0 Å². The van der Waals surface area contributed by atoms with Crippen molar-refractivity contribution in [2.45, 2.75) is 6.42 Å². The van der Waals surface area contributed by atoms with Crippen LogP contribution in [0.4, 0.5) is 4.39 Å². The van der Waals surface area contributed by atoms with Crippen LogP contribution in [0.1, 0.15) is 21.6 Å². The summed E-state index contributed by atoms with van der Waals surface area (Å²) in [6, 6.07) is 11.7. The first-order valence-corrected chi connectivity index (χ1v) is 9.35. The van der Waals surface area contributed by atoms with Gasteiger partial charge in [0.2, 0.25) is 0 Å². The molecule has 0 radical (unpaired) electrons. The Kier molecular flexibility index (Phi) is 4.08. The number of aromatic nitrogens is 2. The maximum Gasteiger partial charge on any atom is 0.272 e. The average molecular weight is 388 g/mol. The highest BCUT2D eigenvalue weighted by Gasteiger charge is 2.29. The van der Waals surface area contributed by atoms with E-state index in [1.807, 2.05) is 12.1 Å². The molecule has 0 aliphatic carbocycles. The van der Waals surface area contributed by atoms with Gasteiger partial charge >= 0.3 is 0 Å². The van der Waals surface area contributed by atoms with Crippen molar-refractivity contribution >= 4 is 22.9 Å². The van der Waals surface area contributed by atoms with Gasteiger partial charge in [0.25, 0.3) is 11.5 Å². The van der Waals surface area contributed by atoms with E-state index >= 15 is 0 Å². The number of nitrogens with one attached hydrogen (secondary N) is 1. The third-order valence-electron chi connectivity index (χ3n) is 5.42. The van der Waals surface area contributed by atoms with E-state index in [0.717, 1.165) is 22.1 Å². The molecule has 7 heteroatoms. The Labute approximate surface area is 165 Å². The third kappa shape index (κ3) is 3.04. The van der Waals surface area contributed by atoms with Crippen LogP contribution in [0.25, 0.3) is 10.8 Å². The van der Waals surface area contributed by atoms with E-state index in [2.05, 4.69) is 15.2 Å². The molecule has 144 valence electrons. The lowest BCUT2D eigenvalue weighted by Gasteiger charge is -2.18. The standard InChI is InChI=1S/C22H17FN4O2/c23-19-6-5-13(8-20-16-3-1-2-4-17(16)21(28)26-25-20)7-18(19)22(29)27-11-14-9-24-10-15(14)12-27/h1-7,9H,8,10-12H2,(H,26,28). The lowest BCUT2D eigenvalue weighted by atomic mass is 10.0. The number of halogens is 1. The largest absolute Gasteiger partial charge is 0.330 e. The van der Waals surface area contributed by atoms with Crippen LogP contribution in [0.5, 0.6) is 0 Å². The van der Waals surface area contributed by atoms with Crippen LogP contribution in [0.15, 0.2) is 63.4 Å². The Balaban J connectivity index is 1.45. The summed E-state index contributed by atoms with van der Waals surface area (Å²) in [5, 5.41) is 7.97. The van der Waals surface area contributed by atoms with Crippen LogP contribution in [0.2, 0.25) is 0 Å². The molecule has 0 bridgehead atoms. The van der Waals surface area contributed by atoms with Crippen LogP contribution < -0.4 is 5.56 Å². The number of aliphatic imine (C=N–C) groups is 1. The predicted octanol–water partition coefficient (Wildman–Crippen LogP) is 2.49. The predicted molar refractivity (Wildman–Crippen MR) is 108 cm³/mol. The zero-order chi connectivity index (χ0) is 20.0. The van der Waals surface area contributed by atoms with Gasteiger partial charge in [0.05, 0.1) is 23.2 Å². The SMILES string of the molecule is O=C(c1cc(Cc2n[nH]c(=O)c3ccccc23)ccc1F)N1CC2=C(CN=C2)C1. The Hall–Kier alpha value is -3.61. The normalized spacial score (nSPS) is 15.4. The van der Waals surface area contributed by atoms with E-state index in [1.54, 1.807) is 35.4 Å². The van der Waals surface area contributed by atoms with Gasteiger partial charge in [-0.05, 0) is 34.9 Å². The van der Waals surface area contributed by atoms with Gasteiger partial charge in [-0.1, -0.05) is 24.3 Å². The minimum Gasteiger partial charge on any atom is -0.330 e. The number of aromatic amines is 1. The molecule has 0 unspecified atom stereocenters. The number of fused-ring (bicyclic) bond motifs is 1. The molecule has 2 aliphatic rings. The first-order chi connectivity index (χ1) is 14.1. The first-order valence-electron chi connectivity index (χ1n) is 9.35. The van der Waals surface area contributed by atoms with Crippen LogP contribution in [0.3, 0.4) is 0 Å². The molecule has 0 atom stereocenters. The van der Waals surface area contributed by atoms with Crippen LogP contribution in [-0.2, 0) is 6.42 Å². The van der Waals surface area contributed by atoms with E-state index in [1.165, 1.54) is 6.07 Å². The van der Waals surface area contributed by atoms with E-state index in [4.69, 9.17) is 0 Å². The summed E-state index contributed by atoms with van der Waals surface area (Å²) in [6.07, 6.45) is 2.17. The topological polar surface area (TPSA) is 78.4 Å². The van der Waals surface area contributed by atoms with Gasteiger partial charge in [0, 0.05) is 31.1 Å². The van der Waals surface area contributed by atoms with Crippen molar-refractivity contribution < 1.29 is 9.18 Å². The molecule has 2 aromatic carbocycles. The van der Waals surface area contributed by atoms with Crippen LogP contribution >= 0.6 is 0 Å². The molecule has 3 heterocycles. The number of rotatable bonds is 3. The molecular weight excluding hydrogens is 371 g/mol. The minimum atomic E-state index is -0.543. The number of benzene rings is 2. The average Bonchev–Trinajstić information content (AvgIpc) is 3.33. The summed E-state index contributed by atoms with van der Waals surface area (Å²) in [6.45, 7) is 1.57. The lowest BCUT2D eigenvalue weighted by Crippen LogP contribution is -2.31. The molecule has 1 amide bonds. The summed E-state index contributed by atoms with van der Waals surface area (Å²) < 4.78 is 14.5. The van der Waals surface area contributed by atoms with E-state index < -0.39 is 5.82 Å². The number of carbonyl (C=O) groups is 1. The summed E-state index contributed by atoms with van der Waals surface area (Å²) in [5.74, 6) is -0.870. The van der Waals surface area contributed by atoms with Gasteiger partial charge in [-0.15, -0.1) is 0 Å². The molecule has 29 heavy (non-hydrogen) atoms. The van der Waals surface area contributed by atoms with Gasteiger partial charge in [0.1, 0.15) is 5.82 Å². The Morgan fingerprint density at radius 3 is 2.79 bits per heavy atom. The second-order valence-electron chi connectivity index (χ2n) is 7.30. The molecule has 2 aliphatic heterocycles. The van der Waals surface area contributed by atoms with Crippen molar-refractivity contribution in [2.75, 3.05) is 19.6 Å². The van der Waals surface area contributed by atoms with E-state index in [9.17, 15) is 14.0 Å². The molecule has 1 aromatic heterocycles. The highest BCUT2D eigenvalue weighted by atomic mass is 19.1. The number of hydrogen-bond acceptors (Lipinski definition) is 4. The zero-order valence-electron chi connectivity index (χ0n) is 15.5. The quantitative estimate of drug-likeness (QED) is 0.749. The maximum atomic E-state index is 14.5. The second-order valence-corrected chi connectivity index (χ2v) is 7.30. The minimum absolute atomic E-state index is 0.0503. The molecule has 0 spiro atoms. The number of nitrogens with zero attached hydrogens (tertiary/aromatic N) is 3. The lowest BCUT2D eigenvalue weighted by molar-refractivity contribution is 0.0792. The van der Waals surface area contributed by atoms with Gasteiger partial charge in [-0.25, -0.2) is 9.49 Å². The van der Waals surface area contributed by atoms with Gasteiger partial charge in [0.15, 0.2) is 0 Å². The molecule has 0 saturated heterocycles. The fourth-order valence-corrected chi connectivity index (χ4v) is 3.91. The van der Waals surface area contributed by atoms with Crippen molar-refractivity contribution in [2.24, 2.45) is 4.99 Å². The summed E-state index contributed by atoms with van der Waals surface area (Å²) in [5.41, 5.74) is 3.40. The molecular formula is C22H17FN4O2. The number of amides is 1. The van der Waals surface area contributed by atoms with Gasteiger partial charge < -0.3 is 4.90 Å². The third-order valence-corrected chi connectivity index (χ3v) is 5.42. The number of H-pyrrole nitrogens is 1.